The van der Waals surface area contributed by atoms with Crippen LogP contribution in [0.4, 0.5) is 5.69 Å². The van der Waals surface area contributed by atoms with Crippen LogP contribution < -0.4 is 4.90 Å². The third kappa shape index (κ3) is 3.72. The molecule has 0 bridgehead atoms. The van der Waals surface area contributed by atoms with E-state index in [1.807, 2.05) is 0 Å². The Morgan fingerprint density at radius 1 is 0.448 bits per heavy atom. The molecule has 5 rings (SSSR count). The molecule has 0 radical (unpaired) electrons. The van der Waals surface area contributed by atoms with Gasteiger partial charge in [-0.05, 0) is 45.5 Å². The average molecular weight is 373 g/mol. The van der Waals surface area contributed by atoms with Gasteiger partial charge in [-0.25, -0.2) is 0 Å². The van der Waals surface area contributed by atoms with Gasteiger partial charge >= 0.3 is 0 Å². The van der Waals surface area contributed by atoms with E-state index in [0.29, 0.717) is 0 Å². The predicted octanol–water partition coefficient (Wildman–Crippen LogP) is 7.20. The van der Waals surface area contributed by atoms with Crippen molar-refractivity contribution in [2.45, 2.75) is 13.1 Å². The molecule has 0 fully saturated rings. The quantitative estimate of drug-likeness (QED) is 0.294. The molecule has 0 aliphatic carbocycles. The number of benzene rings is 5. The lowest BCUT2D eigenvalue weighted by atomic mass is 10.0. The summed E-state index contributed by atoms with van der Waals surface area (Å²) in [4.78, 5) is 2.49. The van der Waals surface area contributed by atoms with Gasteiger partial charge in [-0.3, -0.25) is 0 Å². The SMILES string of the molecule is c1ccc(CN(Cc2ccccc2)c2cccc3cc4ccccc4cc23)cc1. The van der Waals surface area contributed by atoms with E-state index in [2.05, 4.69) is 120 Å². The molecule has 0 heterocycles. The van der Waals surface area contributed by atoms with Crippen LogP contribution in [-0.4, -0.2) is 0 Å². The molecule has 0 aliphatic heterocycles. The fourth-order valence-corrected chi connectivity index (χ4v) is 4.06. The molecule has 0 unspecified atom stereocenters. The molecule has 0 saturated heterocycles. The van der Waals surface area contributed by atoms with Gasteiger partial charge in [0.1, 0.15) is 0 Å². The molecule has 0 aliphatic rings. The highest BCUT2D eigenvalue weighted by Crippen LogP contribution is 2.32. The zero-order valence-electron chi connectivity index (χ0n) is 16.3. The third-order valence-electron chi connectivity index (χ3n) is 5.50. The number of fused-ring (bicyclic) bond motifs is 2. The summed E-state index contributed by atoms with van der Waals surface area (Å²) in [7, 11) is 0. The Morgan fingerprint density at radius 3 is 1.59 bits per heavy atom. The van der Waals surface area contributed by atoms with Crippen LogP contribution in [0.25, 0.3) is 21.5 Å². The molecule has 29 heavy (non-hydrogen) atoms. The maximum Gasteiger partial charge on any atom is 0.0452 e. The second-order valence-electron chi connectivity index (χ2n) is 7.52. The van der Waals surface area contributed by atoms with Gasteiger partial charge < -0.3 is 4.90 Å². The Hall–Kier alpha value is -3.58. The predicted molar refractivity (Wildman–Crippen MR) is 124 cm³/mol. The van der Waals surface area contributed by atoms with Gasteiger partial charge in [-0.1, -0.05) is 97.1 Å². The summed E-state index contributed by atoms with van der Waals surface area (Å²) < 4.78 is 0. The molecule has 0 amide bonds. The van der Waals surface area contributed by atoms with E-state index < -0.39 is 0 Å². The van der Waals surface area contributed by atoms with Crippen LogP contribution in [0.1, 0.15) is 11.1 Å². The van der Waals surface area contributed by atoms with Gasteiger partial charge in [-0.2, -0.15) is 0 Å². The minimum absolute atomic E-state index is 0.877. The van der Waals surface area contributed by atoms with Crippen LogP contribution in [0.15, 0.2) is 115 Å². The maximum absolute atomic E-state index is 2.49. The van der Waals surface area contributed by atoms with Crippen LogP contribution in [0, 0.1) is 0 Å². The van der Waals surface area contributed by atoms with Crippen LogP contribution in [0.5, 0.6) is 0 Å². The lowest BCUT2D eigenvalue weighted by molar-refractivity contribution is 0.804. The molecular weight excluding hydrogens is 350 g/mol. The molecule has 5 aromatic rings. The van der Waals surface area contributed by atoms with E-state index in [9.17, 15) is 0 Å². The average Bonchev–Trinajstić information content (AvgIpc) is 2.78. The lowest BCUT2D eigenvalue weighted by Crippen LogP contribution is -2.22. The summed E-state index contributed by atoms with van der Waals surface area (Å²) >= 11 is 0. The highest BCUT2D eigenvalue weighted by Gasteiger charge is 2.12. The van der Waals surface area contributed by atoms with Gasteiger partial charge in [0, 0.05) is 24.2 Å². The fraction of sp³-hybridized carbons (Fsp3) is 0.0714. The largest absolute Gasteiger partial charge is 0.362 e. The minimum atomic E-state index is 0.877. The highest BCUT2D eigenvalue weighted by atomic mass is 15.1. The first kappa shape index (κ1) is 17.5. The molecule has 1 nitrogen and oxygen atoms in total. The van der Waals surface area contributed by atoms with E-state index in [0.717, 1.165) is 13.1 Å². The van der Waals surface area contributed by atoms with Gasteiger partial charge in [0.2, 0.25) is 0 Å². The number of hydrogen-bond acceptors (Lipinski definition) is 1. The monoisotopic (exact) mass is 373 g/mol. The van der Waals surface area contributed by atoms with Crippen LogP contribution >= 0.6 is 0 Å². The van der Waals surface area contributed by atoms with Crippen LogP contribution in [0.2, 0.25) is 0 Å². The summed E-state index contributed by atoms with van der Waals surface area (Å²) in [6.45, 7) is 1.75. The number of hydrogen-bond donors (Lipinski definition) is 0. The molecule has 0 N–H and O–H groups in total. The Kier molecular flexibility index (Phi) is 4.72. The highest BCUT2D eigenvalue weighted by molar-refractivity contribution is 6.03. The van der Waals surface area contributed by atoms with Gasteiger partial charge in [-0.15, -0.1) is 0 Å². The van der Waals surface area contributed by atoms with Crippen molar-refractivity contribution in [2.24, 2.45) is 0 Å². The molecule has 0 saturated carbocycles. The van der Waals surface area contributed by atoms with Crippen LogP contribution in [0.3, 0.4) is 0 Å². The van der Waals surface area contributed by atoms with Gasteiger partial charge in [0.05, 0.1) is 0 Å². The summed E-state index contributed by atoms with van der Waals surface area (Å²) in [6, 6.07) is 41.3. The summed E-state index contributed by atoms with van der Waals surface area (Å²) in [6.07, 6.45) is 0. The van der Waals surface area contributed by atoms with Crippen molar-refractivity contribution in [3.8, 4) is 0 Å². The van der Waals surface area contributed by atoms with Crippen molar-refractivity contribution in [1.29, 1.82) is 0 Å². The molecule has 1 heteroatoms. The Labute approximate surface area is 171 Å². The standard InChI is InChI=1S/C28H23N/c1-3-10-22(11-4-1)20-29(21-23-12-5-2-6-13-23)28-17-9-16-26-18-24-14-7-8-15-25(24)19-27(26)28/h1-19H,20-21H2. The van der Waals surface area contributed by atoms with Crippen molar-refractivity contribution in [2.75, 3.05) is 4.90 Å². The summed E-state index contributed by atoms with van der Waals surface area (Å²) in [5.41, 5.74) is 3.92. The molecular formula is C28H23N. The van der Waals surface area contributed by atoms with Crippen molar-refractivity contribution >= 4 is 27.2 Å². The van der Waals surface area contributed by atoms with E-state index in [1.54, 1.807) is 0 Å². The Bertz CT molecular complexity index is 1200. The van der Waals surface area contributed by atoms with E-state index in [4.69, 9.17) is 0 Å². The first-order chi connectivity index (χ1) is 14.4. The molecule has 140 valence electrons. The maximum atomic E-state index is 2.49. The zero-order valence-corrected chi connectivity index (χ0v) is 16.3. The van der Waals surface area contributed by atoms with Crippen molar-refractivity contribution < 1.29 is 0 Å². The minimum Gasteiger partial charge on any atom is -0.362 e. The Morgan fingerprint density at radius 2 is 0.966 bits per heavy atom. The van der Waals surface area contributed by atoms with E-state index in [-0.39, 0.29) is 0 Å². The van der Waals surface area contributed by atoms with Crippen LogP contribution in [-0.2, 0) is 13.1 Å². The van der Waals surface area contributed by atoms with E-state index in [1.165, 1.54) is 38.4 Å². The number of nitrogens with zero attached hydrogens (tertiary/aromatic N) is 1. The second kappa shape index (κ2) is 7.81. The van der Waals surface area contributed by atoms with Crippen molar-refractivity contribution in [3.05, 3.63) is 126 Å². The zero-order chi connectivity index (χ0) is 19.5. The summed E-state index contributed by atoms with van der Waals surface area (Å²) in [5, 5.41) is 5.16. The normalized spacial score (nSPS) is 11.0. The Balaban J connectivity index is 1.64. The number of anilines is 1. The lowest BCUT2D eigenvalue weighted by Gasteiger charge is -2.27. The van der Waals surface area contributed by atoms with Crippen molar-refractivity contribution in [1.82, 2.24) is 0 Å². The first-order valence-electron chi connectivity index (χ1n) is 10.1. The summed E-state index contributed by atoms with van der Waals surface area (Å²) in [5.74, 6) is 0. The third-order valence-corrected chi connectivity index (χ3v) is 5.50. The van der Waals surface area contributed by atoms with Gasteiger partial charge in [0.15, 0.2) is 0 Å². The molecule has 5 aromatic carbocycles. The van der Waals surface area contributed by atoms with Gasteiger partial charge in [0.25, 0.3) is 0 Å². The first-order valence-corrected chi connectivity index (χ1v) is 10.1. The fourth-order valence-electron chi connectivity index (χ4n) is 4.06. The molecule has 0 atom stereocenters. The smallest absolute Gasteiger partial charge is 0.0452 e. The topological polar surface area (TPSA) is 3.24 Å². The second-order valence-corrected chi connectivity index (χ2v) is 7.52. The molecule has 0 aromatic heterocycles. The van der Waals surface area contributed by atoms with E-state index >= 15 is 0 Å². The van der Waals surface area contributed by atoms with Crippen molar-refractivity contribution in [3.63, 3.8) is 0 Å². The molecule has 0 spiro atoms. The number of rotatable bonds is 5.